The molecular formula is C26H21BO3. The normalized spacial score (nSPS) is 19.1. The minimum absolute atomic E-state index is 0.232. The average molecular weight is 392 g/mol. The van der Waals surface area contributed by atoms with Crippen LogP contribution in [-0.2, 0) is 10.6 Å². The van der Waals surface area contributed by atoms with E-state index >= 15 is 0 Å². The number of rotatable bonds is 4. The molecule has 4 aromatic rings. The van der Waals surface area contributed by atoms with Crippen LogP contribution in [0.15, 0.2) is 103 Å². The van der Waals surface area contributed by atoms with Gasteiger partial charge in [0.25, 0.3) is 0 Å². The molecule has 4 aromatic carbocycles. The van der Waals surface area contributed by atoms with Crippen LogP contribution in [0.2, 0.25) is 0 Å². The minimum Gasteiger partial charge on any atom is -0.508 e. The van der Waals surface area contributed by atoms with Gasteiger partial charge in [0.2, 0.25) is 0 Å². The molecule has 0 bridgehead atoms. The fourth-order valence-electron chi connectivity index (χ4n) is 5.04. The highest BCUT2D eigenvalue weighted by Crippen LogP contribution is 2.65. The Morgan fingerprint density at radius 3 is 1.03 bits per heavy atom. The number of hydrogen-bond acceptors (Lipinski definition) is 3. The van der Waals surface area contributed by atoms with Crippen LogP contribution in [0.4, 0.5) is 0 Å². The molecule has 1 atom stereocenters. The van der Waals surface area contributed by atoms with Crippen molar-refractivity contribution in [1.82, 2.24) is 0 Å². The summed E-state index contributed by atoms with van der Waals surface area (Å²) in [4.78, 5) is 0. The zero-order chi connectivity index (χ0) is 20.8. The highest BCUT2D eigenvalue weighted by Gasteiger charge is 2.71. The van der Waals surface area contributed by atoms with E-state index in [0.29, 0.717) is 0 Å². The summed E-state index contributed by atoms with van der Waals surface area (Å²) in [7, 11) is 0.838. The highest BCUT2D eigenvalue weighted by molar-refractivity contribution is 6.63. The Labute approximate surface area is 176 Å². The predicted molar refractivity (Wildman–Crippen MR) is 119 cm³/mol. The summed E-state index contributed by atoms with van der Waals surface area (Å²) in [6.45, 7) is 0. The van der Waals surface area contributed by atoms with E-state index < -0.39 is 0 Å². The maximum atomic E-state index is 9.88. The third-order valence-corrected chi connectivity index (χ3v) is 6.48. The van der Waals surface area contributed by atoms with Gasteiger partial charge < -0.3 is 15.3 Å². The van der Waals surface area contributed by atoms with Crippen molar-refractivity contribution < 1.29 is 15.3 Å². The van der Waals surface area contributed by atoms with Crippen LogP contribution in [0.5, 0.6) is 17.2 Å². The van der Waals surface area contributed by atoms with Crippen molar-refractivity contribution in [2.75, 3.05) is 0 Å². The summed E-state index contributed by atoms with van der Waals surface area (Å²) in [6, 6.07) is 32.7. The smallest absolute Gasteiger partial charge is 0.159 e. The molecule has 0 saturated carbocycles. The third kappa shape index (κ3) is 2.61. The van der Waals surface area contributed by atoms with Gasteiger partial charge in [0, 0.05) is 10.6 Å². The van der Waals surface area contributed by atoms with Crippen LogP contribution in [0.3, 0.4) is 0 Å². The van der Waals surface area contributed by atoms with E-state index in [0.717, 1.165) is 24.0 Å². The largest absolute Gasteiger partial charge is 0.508 e. The molecule has 1 saturated heterocycles. The van der Waals surface area contributed by atoms with Crippen molar-refractivity contribution in [3.63, 3.8) is 0 Å². The van der Waals surface area contributed by atoms with Crippen LogP contribution >= 0.6 is 0 Å². The molecule has 1 aliphatic heterocycles. The molecule has 4 heteroatoms. The quantitative estimate of drug-likeness (QED) is 0.450. The van der Waals surface area contributed by atoms with Crippen LogP contribution in [0.1, 0.15) is 22.3 Å². The molecule has 1 heterocycles. The average Bonchev–Trinajstić information content (AvgIpc) is 3.48. The standard InChI is InChI=1S/C26H21BO3/c28-22-12-6-19(7-13-22)25(18-4-2-1-3-5-18)26(27-25,20-8-14-23(29)15-9-20)21-10-16-24(30)17-11-21/h1-17,27-30H. The second kappa shape index (κ2) is 6.70. The number of phenols is 3. The fourth-order valence-corrected chi connectivity index (χ4v) is 5.04. The SMILES string of the molecule is Oc1ccc(C2(c3ccccc3)BC2(c2ccc(O)cc2)c2ccc(O)cc2)cc1. The number of phenolic OH excluding ortho intramolecular Hbond substituents is 3. The molecule has 3 nitrogen and oxygen atoms in total. The number of hydrogen-bond donors (Lipinski definition) is 3. The first-order chi connectivity index (χ1) is 14.6. The fraction of sp³-hybridized carbons (Fsp3) is 0.0769. The zero-order valence-corrected chi connectivity index (χ0v) is 16.4. The van der Waals surface area contributed by atoms with Gasteiger partial charge in [0.1, 0.15) is 17.2 Å². The van der Waals surface area contributed by atoms with Gasteiger partial charge in [-0.15, -0.1) is 0 Å². The Kier molecular flexibility index (Phi) is 4.11. The highest BCUT2D eigenvalue weighted by atomic mass is 16.3. The summed E-state index contributed by atoms with van der Waals surface area (Å²) in [6.07, 6.45) is 0. The molecule has 0 aromatic heterocycles. The molecule has 5 rings (SSSR count). The predicted octanol–water partition coefficient (Wildman–Crippen LogP) is 4.44. The molecule has 0 spiro atoms. The molecule has 3 N–H and O–H groups in total. The Morgan fingerprint density at radius 2 is 0.700 bits per heavy atom. The lowest BCUT2D eigenvalue weighted by atomic mass is 9.74. The summed E-state index contributed by atoms with van der Waals surface area (Å²) < 4.78 is 0. The lowest BCUT2D eigenvalue weighted by Crippen LogP contribution is -2.25. The monoisotopic (exact) mass is 392 g/mol. The Morgan fingerprint density at radius 1 is 0.400 bits per heavy atom. The zero-order valence-electron chi connectivity index (χ0n) is 16.4. The van der Waals surface area contributed by atoms with E-state index in [1.165, 1.54) is 5.56 Å². The van der Waals surface area contributed by atoms with E-state index in [4.69, 9.17) is 0 Å². The molecule has 0 aliphatic carbocycles. The molecular weight excluding hydrogens is 371 g/mol. The molecule has 0 amide bonds. The van der Waals surface area contributed by atoms with E-state index in [-0.39, 0.29) is 27.9 Å². The lowest BCUT2D eigenvalue weighted by molar-refractivity contribution is 0.473. The van der Waals surface area contributed by atoms with E-state index in [1.807, 2.05) is 54.6 Å². The van der Waals surface area contributed by atoms with Gasteiger partial charge in [0.15, 0.2) is 7.28 Å². The van der Waals surface area contributed by atoms with Crippen LogP contribution in [0, 0.1) is 0 Å². The summed E-state index contributed by atoms with van der Waals surface area (Å²) >= 11 is 0. The first kappa shape index (κ1) is 18.4. The van der Waals surface area contributed by atoms with Crippen molar-refractivity contribution in [2.45, 2.75) is 10.6 Å². The van der Waals surface area contributed by atoms with Gasteiger partial charge in [-0.25, -0.2) is 0 Å². The van der Waals surface area contributed by atoms with Crippen LogP contribution in [0.25, 0.3) is 0 Å². The molecule has 0 radical (unpaired) electrons. The molecule has 30 heavy (non-hydrogen) atoms. The first-order valence-electron chi connectivity index (χ1n) is 10.0. The Balaban J connectivity index is 1.80. The van der Waals surface area contributed by atoms with Crippen molar-refractivity contribution in [3.05, 3.63) is 125 Å². The van der Waals surface area contributed by atoms with Gasteiger partial charge >= 0.3 is 0 Å². The van der Waals surface area contributed by atoms with Gasteiger partial charge in [-0.1, -0.05) is 66.7 Å². The van der Waals surface area contributed by atoms with Crippen LogP contribution in [-0.4, -0.2) is 22.6 Å². The third-order valence-electron chi connectivity index (χ3n) is 6.48. The van der Waals surface area contributed by atoms with Gasteiger partial charge in [-0.2, -0.15) is 0 Å². The van der Waals surface area contributed by atoms with Crippen molar-refractivity contribution in [3.8, 4) is 17.2 Å². The molecule has 1 aliphatic rings. The number of aromatic hydroxyl groups is 3. The second-order valence-corrected chi connectivity index (χ2v) is 7.99. The number of benzene rings is 4. The van der Waals surface area contributed by atoms with Crippen molar-refractivity contribution >= 4 is 7.28 Å². The summed E-state index contributed by atoms with van der Waals surface area (Å²) in [5.74, 6) is 0.702. The molecule has 1 fully saturated rings. The van der Waals surface area contributed by atoms with Crippen molar-refractivity contribution in [1.29, 1.82) is 0 Å². The van der Waals surface area contributed by atoms with Crippen molar-refractivity contribution in [2.24, 2.45) is 0 Å². The molecule has 1 unspecified atom stereocenters. The Hall–Kier alpha value is -3.66. The van der Waals surface area contributed by atoms with Crippen LogP contribution < -0.4 is 0 Å². The summed E-state index contributed by atoms with van der Waals surface area (Å²) in [5, 5.41) is 28.9. The van der Waals surface area contributed by atoms with E-state index in [2.05, 4.69) is 12.1 Å². The van der Waals surface area contributed by atoms with E-state index in [1.54, 1.807) is 36.4 Å². The van der Waals surface area contributed by atoms with Gasteiger partial charge in [-0.05, 0) is 58.7 Å². The van der Waals surface area contributed by atoms with Gasteiger partial charge in [-0.3, -0.25) is 0 Å². The topological polar surface area (TPSA) is 60.7 Å². The molecule has 146 valence electrons. The Bertz CT molecular complexity index is 1120. The second-order valence-electron chi connectivity index (χ2n) is 7.99. The summed E-state index contributed by atoms with van der Waals surface area (Å²) in [5.41, 5.74) is 4.51. The van der Waals surface area contributed by atoms with E-state index in [9.17, 15) is 15.3 Å². The minimum atomic E-state index is -0.368. The lowest BCUT2D eigenvalue weighted by Gasteiger charge is -2.30. The first-order valence-corrected chi connectivity index (χ1v) is 10.0. The maximum Gasteiger partial charge on any atom is 0.159 e. The maximum absolute atomic E-state index is 9.88. The van der Waals surface area contributed by atoms with Gasteiger partial charge in [0.05, 0.1) is 0 Å².